The normalized spacial score (nSPS) is 10.4. The topological polar surface area (TPSA) is 67.0 Å². The number of aromatic nitrogens is 2. The summed E-state index contributed by atoms with van der Waals surface area (Å²) in [7, 11) is 0. The van der Waals surface area contributed by atoms with E-state index in [0.29, 0.717) is 5.82 Å². The lowest BCUT2D eigenvalue weighted by Crippen LogP contribution is -2.21. The molecule has 0 atom stereocenters. The minimum atomic E-state index is -0.222. The first-order valence-corrected chi connectivity index (χ1v) is 6.49. The lowest BCUT2D eigenvalue weighted by atomic mass is 10.1. The van der Waals surface area contributed by atoms with Gasteiger partial charge < -0.3 is 10.1 Å². The Morgan fingerprint density at radius 1 is 1.25 bits per heavy atom. The lowest BCUT2D eigenvalue weighted by molar-refractivity contribution is -0.118. The molecular weight excluding hydrogens is 254 g/mol. The Kier molecular flexibility index (Phi) is 4.08. The number of rotatable bonds is 4. The van der Waals surface area contributed by atoms with E-state index in [9.17, 15) is 4.79 Å². The fraction of sp³-hybridized carbons (Fsp3) is 0.333. The van der Waals surface area contributed by atoms with Crippen LogP contribution in [0.25, 0.3) is 0 Å². The van der Waals surface area contributed by atoms with Crippen LogP contribution in [-0.2, 0) is 4.79 Å². The quantitative estimate of drug-likeness (QED) is 0.900. The van der Waals surface area contributed by atoms with E-state index in [1.165, 1.54) is 0 Å². The molecule has 1 aromatic heterocycles. The molecule has 20 heavy (non-hydrogen) atoms. The van der Waals surface area contributed by atoms with Crippen molar-refractivity contribution in [3.8, 4) is 5.75 Å². The SMILES string of the molecule is Cc1cccc(OCC(=O)Nc2n[nH]c(C)c2C)c1C. The molecule has 0 unspecified atom stereocenters. The molecular formula is C15H19N3O2. The van der Waals surface area contributed by atoms with E-state index in [1.54, 1.807) is 0 Å². The minimum absolute atomic E-state index is 0.0321. The number of H-pyrrole nitrogens is 1. The van der Waals surface area contributed by atoms with Gasteiger partial charge in [-0.2, -0.15) is 5.10 Å². The number of amides is 1. The van der Waals surface area contributed by atoms with E-state index in [4.69, 9.17) is 4.74 Å². The molecule has 0 aliphatic rings. The molecule has 0 aliphatic heterocycles. The summed E-state index contributed by atoms with van der Waals surface area (Å²) in [4.78, 5) is 11.9. The van der Waals surface area contributed by atoms with Crippen molar-refractivity contribution >= 4 is 11.7 Å². The molecule has 106 valence electrons. The van der Waals surface area contributed by atoms with Gasteiger partial charge in [0.25, 0.3) is 5.91 Å². The number of hydrogen-bond donors (Lipinski definition) is 2. The van der Waals surface area contributed by atoms with E-state index in [0.717, 1.165) is 28.1 Å². The largest absolute Gasteiger partial charge is 0.483 e. The van der Waals surface area contributed by atoms with Crippen LogP contribution in [-0.4, -0.2) is 22.7 Å². The van der Waals surface area contributed by atoms with Crippen molar-refractivity contribution in [3.05, 3.63) is 40.6 Å². The Morgan fingerprint density at radius 3 is 2.65 bits per heavy atom. The van der Waals surface area contributed by atoms with Gasteiger partial charge in [-0.15, -0.1) is 0 Å². The Labute approximate surface area is 118 Å². The molecule has 2 rings (SSSR count). The number of anilines is 1. The van der Waals surface area contributed by atoms with Crippen molar-refractivity contribution in [2.24, 2.45) is 0 Å². The van der Waals surface area contributed by atoms with Crippen molar-refractivity contribution in [1.82, 2.24) is 10.2 Å². The first-order valence-electron chi connectivity index (χ1n) is 6.49. The zero-order chi connectivity index (χ0) is 14.7. The zero-order valence-electron chi connectivity index (χ0n) is 12.2. The number of aromatic amines is 1. The number of benzene rings is 1. The summed E-state index contributed by atoms with van der Waals surface area (Å²) in [6.45, 7) is 7.77. The maximum absolute atomic E-state index is 11.9. The van der Waals surface area contributed by atoms with Crippen LogP contribution >= 0.6 is 0 Å². The highest BCUT2D eigenvalue weighted by Gasteiger charge is 2.10. The van der Waals surface area contributed by atoms with Gasteiger partial charge in [-0.3, -0.25) is 9.89 Å². The van der Waals surface area contributed by atoms with Crippen LogP contribution in [0.2, 0.25) is 0 Å². The van der Waals surface area contributed by atoms with Gasteiger partial charge in [0.1, 0.15) is 5.75 Å². The predicted molar refractivity (Wildman–Crippen MR) is 78.1 cm³/mol. The summed E-state index contributed by atoms with van der Waals surface area (Å²) in [5, 5.41) is 9.59. The van der Waals surface area contributed by atoms with Gasteiger partial charge in [0.2, 0.25) is 0 Å². The molecule has 2 N–H and O–H groups in total. The van der Waals surface area contributed by atoms with Crippen LogP contribution < -0.4 is 10.1 Å². The Balaban J connectivity index is 1.96. The molecule has 5 heteroatoms. The van der Waals surface area contributed by atoms with E-state index in [2.05, 4.69) is 15.5 Å². The second kappa shape index (κ2) is 5.77. The van der Waals surface area contributed by atoms with Crippen molar-refractivity contribution in [3.63, 3.8) is 0 Å². The number of aryl methyl sites for hydroxylation is 2. The standard InChI is InChI=1S/C15H19N3O2/c1-9-6-5-7-13(10(9)2)20-8-14(19)16-15-11(3)12(4)17-18-15/h5-7H,8H2,1-4H3,(H2,16,17,18,19). The summed E-state index contributed by atoms with van der Waals surface area (Å²) in [6.07, 6.45) is 0. The molecule has 1 amide bonds. The molecule has 0 saturated heterocycles. The number of nitrogens with zero attached hydrogens (tertiary/aromatic N) is 1. The molecule has 0 bridgehead atoms. The van der Waals surface area contributed by atoms with Crippen LogP contribution in [0.3, 0.4) is 0 Å². The average Bonchev–Trinajstić information content (AvgIpc) is 2.72. The summed E-state index contributed by atoms with van der Waals surface area (Å²) < 4.78 is 5.55. The molecule has 0 saturated carbocycles. The lowest BCUT2D eigenvalue weighted by Gasteiger charge is -2.10. The Morgan fingerprint density at radius 2 is 2.00 bits per heavy atom. The monoisotopic (exact) mass is 273 g/mol. The molecule has 1 aromatic carbocycles. The van der Waals surface area contributed by atoms with E-state index < -0.39 is 0 Å². The van der Waals surface area contributed by atoms with Crippen LogP contribution in [0.5, 0.6) is 5.75 Å². The smallest absolute Gasteiger partial charge is 0.263 e. The van der Waals surface area contributed by atoms with Crippen molar-refractivity contribution in [2.75, 3.05) is 11.9 Å². The summed E-state index contributed by atoms with van der Waals surface area (Å²) in [6, 6.07) is 5.79. The fourth-order valence-corrected chi connectivity index (χ4v) is 1.80. The maximum Gasteiger partial charge on any atom is 0.263 e. The molecule has 5 nitrogen and oxygen atoms in total. The predicted octanol–water partition coefficient (Wildman–Crippen LogP) is 2.66. The maximum atomic E-state index is 11.9. The molecule has 0 fully saturated rings. The Hall–Kier alpha value is -2.30. The van der Waals surface area contributed by atoms with Gasteiger partial charge in [-0.05, 0) is 44.9 Å². The third kappa shape index (κ3) is 2.99. The van der Waals surface area contributed by atoms with Crippen LogP contribution in [0, 0.1) is 27.7 Å². The summed E-state index contributed by atoms with van der Waals surface area (Å²) >= 11 is 0. The molecule has 2 aromatic rings. The number of ether oxygens (including phenoxy) is 1. The molecule has 0 radical (unpaired) electrons. The van der Waals surface area contributed by atoms with Gasteiger partial charge in [-0.25, -0.2) is 0 Å². The second-order valence-electron chi connectivity index (χ2n) is 4.86. The highest BCUT2D eigenvalue weighted by atomic mass is 16.5. The first-order chi connectivity index (χ1) is 9.49. The third-order valence-electron chi connectivity index (χ3n) is 3.42. The van der Waals surface area contributed by atoms with Crippen molar-refractivity contribution in [2.45, 2.75) is 27.7 Å². The number of carbonyl (C=O) groups is 1. The third-order valence-corrected chi connectivity index (χ3v) is 3.42. The fourth-order valence-electron chi connectivity index (χ4n) is 1.80. The van der Waals surface area contributed by atoms with E-state index in [-0.39, 0.29) is 12.5 Å². The van der Waals surface area contributed by atoms with Crippen LogP contribution in [0.4, 0.5) is 5.82 Å². The van der Waals surface area contributed by atoms with Gasteiger partial charge in [-0.1, -0.05) is 12.1 Å². The first kappa shape index (κ1) is 14.1. The van der Waals surface area contributed by atoms with Gasteiger partial charge in [0, 0.05) is 11.3 Å². The number of carbonyl (C=O) groups excluding carboxylic acids is 1. The summed E-state index contributed by atoms with van der Waals surface area (Å²) in [5.41, 5.74) is 4.06. The highest BCUT2D eigenvalue weighted by molar-refractivity contribution is 5.91. The van der Waals surface area contributed by atoms with Crippen molar-refractivity contribution in [1.29, 1.82) is 0 Å². The minimum Gasteiger partial charge on any atom is -0.483 e. The van der Waals surface area contributed by atoms with Crippen LogP contribution in [0.1, 0.15) is 22.4 Å². The molecule has 0 spiro atoms. The highest BCUT2D eigenvalue weighted by Crippen LogP contribution is 2.20. The molecule has 0 aliphatic carbocycles. The Bertz CT molecular complexity index is 632. The van der Waals surface area contributed by atoms with Gasteiger partial charge in [0.15, 0.2) is 12.4 Å². The average molecular weight is 273 g/mol. The van der Waals surface area contributed by atoms with Gasteiger partial charge >= 0.3 is 0 Å². The van der Waals surface area contributed by atoms with Crippen LogP contribution in [0.15, 0.2) is 18.2 Å². The van der Waals surface area contributed by atoms with E-state index >= 15 is 0 Å². The van der Waals surface area contributed by atoms with Crippen molar-refractivity contribution < 1.29 is 9.53 Å². The zero-order valence-corrected chi connectivity index (χ0v) is 12.2. The van der Waals surface area contributed by atoms with E-state index in [1.807, 2.05) is 45.9 Å². The van der Waals surface area contributed by atoms with Gasteiger partial charge in [0.05, 0.1) is 0 Å². The summed E-state index contributed by atoms with van der Waals surface area (Å²) in [5.74, 6) is 1.06. The number of hydrogen-bond acceptors (Lipinski definition) is 3. The molecule has 1 heterocycles. The number of nitrogens with one attached hydrogen (secondary N) is 2. The second-order valence-corrected chi connectivity index (χ2v) is 4.86.